The van der Waals surface area contributed by atoms with E-state index in [0.29, 0.717) is 22.8 Å². The molecule has 0 aliphatic heterocycles. The number of benzene rings is 2. The molecular weight excluding hydrogens is 380 g/mol. The van der Waals surface area contributed by atoms with Crippen LogP contribution in [0.5, 0.6) is 0 Å². The average molecular weight is 398 g/mol. The Balaban J connectivity index is 1.78. The normalized spacial score (nSPS) is 10.7. The van der Waals surface area contributed by atoms with E-state index in [1.54, 1.807) is 35.4 Å². The van der Waals surface area contributed by atoms with Gasteiger partial charge in [-0.05, 0) is 67.4 Å². The number of fused-ring (bicyclic) bond motifs is 1. The predicted octanol–water partition coefficient (Wildman–Crippen LogP) is 5.03. The van der Waals surface area contributed by atoms with Crippen molar-refractivity contribution in [2.24, 2.45) is 0 Å². The van der Waals surface area contributed by atoms with E-state index in [1.165, 1.54) is 16.9 Å². The molecule has 5 nitrogen and oxygen atoms in total. The van der Waals surface area contributed by atoms with Gasteiger partial charge in [0.15, 0.2) is 5.13 Å². The molecule has 0 atom stereocenters. The van der Waals surface area contributed by atoms with Crippen molar-refractivity contribution in [3.8, 4) is 6.07 Å². The summed E-state index contributed by atoms with van der Waals surface area (Å²) in [5.41, 5.74) is 4.97. The Kier molecular flexibility index (Phi) is 5.07. The molecule has 0 fully saturated rings. The van der Waals surface area contributed by atoms with E-state index in [-0.39, 0.29) is 5.91 Å². The third-order valence-electron chi connectivity index (χ3n) is 4.60. The van der Waals surface area contributed by atoms with E-state index in [0.717, 1.165) is 21.5 Å². The van der Waals surface area contributed by atoms with Crippen LogP contribution in [0.4, 0.5) is 5.13 Å². The van der Waals surface area contributed by atoms with Crippen molar-refractivity contribution < 1.29 is 4.79 Å². The van der Waals surface area contributed by atoms with E-state index in [4.69, 9.17) is 10.2 Å². The van der Waals surface area contributed by atoms with Crippen molar-refractivity contribution in [3.63, 3.8) is 0 Å². The zero-order chi connectivity index (χ0) is 20.4. The maximum absolute atomic E-state index is 13.4. The van der Waals surface area contributed by atoms with Crippen LogP contribution >= 0.6 is 11.3 Å². The van der Waals surface area contributed by atoms with Gasteiger partial charge in [-0.25, -0.2) is 4.98 Å². The first kappa shape index (κ1) is 18.8. The first-order valence-electron chi connectivity index (χ1n) is 9.15. The van der Waals surface area contributed by atoms with Crippen molar-refractivity contribution in [3.05, 3.63) is 88.7 Å². The van der Waals surface area contributed by atoms with E-state index in [2.05, 4.69) is 30.1 Å². The minimum atomic E-state index is -0.173. The SMILES string of the molecule is Cc1cc(C)c2nc(N(Cc3ccccn3)C(=O)c3ccc(C#N)cc3)sc2c1. The van der Waals surface area contributed by atoms with Gasteiger partial charge < -0.3 is 0 Å². The van der Waals surface area contributed by atoms with Gasteiger partial charge in [0.2, 0.25) is 0 Å². The molecule has 1 amide bonds. The number of amides is 1. The Morgan fingerprint density at radius 1 is 1.14 bits per heavy atom. The molecule has 6 heteroatoms. The fraction of sp³-hybridized carbons (Fsp3) is 0.130. The molecule has 142 valence electrons. The molecule has 0 unspecified atom stereocenters. The first-order valence-corrected chi connectivity index (χ1v) is 9.96. The van der Waals surface area contributed by atoms with E-state index in [1.807, 2.05) is 25.1 Å². The predicted molar refractivity (Wildman–Crippen MR) is 115 cm³/mol. The smallest absolute Gasteiger partial charge is 0.260 e. The monoisotopic (exact) mass is 398 g/mol. The molecule has 4 aromatic rings. The van der Waals surface area contributed by atoms with Gasteiger partial charge in [-0.3, -0.25) is 14.7 Å². The lowest BCUT2D eigenvalue weighted by molar-refractivity contribution is 0.0985. The number of thiazole rings is 1. The zero-order valence-electron chi connectivity index (χ0n) is 16.1. The minimum absolute atomic E-state index is 0.173. The molecule has 29 heavy (non-hydrogen) atoms. The van der Waals surface area contributed by atoms with Gasteiger partial charge in [-0.2, -0.15) is 5.26 Å². The molecule has 0 saturated heterocycles. The second-order valence-corrected chi connectivity index (χ2v) is 7.84. The topological polar surface area (TPSA) is 69.9 Å². The van der Waals surface area contributed by atoms with Crippen LogP contribution in [0.15, 0.2) is 60.8 Å². The van der Waals surface area contributed by atoms with Crippen molar-refractivity contribution in [2.75, 3.05) is 4.90 Å². The lowest BCUT2D eigenvalue weighted by Crippen LogP contribution is -2.30. The lowest BCUT2D eigenvalue weighted by Gasteiger charge is -2.19. The highest BCUT2D eigenvalue weighted by Gasteiger charge is 2.22. The van der Waals surface area contributed by atoms with E-state index < -0.39 is 0 Å². The van der Waals surface area contributed by atoms with Gasteiger partial charge in [-0.15, -0.1) is 0 Å². The number of pyridine rings is 1. The minimum Gasteiger partial charge on any atom is -0.278 e. The number of rotatable bonds is 4. The van der Waals surface area contributed by atoms with E-state index >= 15 is 0 Å². The summed E-state index contributed by atoms with van der Waals surface area (Å²) >= 11 is 1.50. The Hall–Kier alpha value is -3.56. The summed E-state index contributed by atoms with van der Waals surface area (Å²) in [4.78, 5) is 24.2. The number of nitrogens with zero attached hydrogens (tertiary/aromatic N) is 4. The second kappa shape index (κ2) is 7.82. The molecule has 0 radical (unpaired) electrons. The third kappa shape index (κ3) is 3.86. The summed E-state index contributed by atoms with van der Waals surface area (Å²) in [6, 6.07) is 18.6. The van der Waals surface area contributed by atoms with Crippen molar-refractivity contribution in [2.45, 2.75) is 20.4 Å². The van der Waals surface area contributed by atoms with Gasteiger partial charge in [-0.1, -0.05) is 23.5 Å². The maximum atomic E-state index is 13.4. The number of aryl methyl sites for hydroxylation is 2. The van der Waals surface area contributed by atoms with Crippen LogP contribution in [0.2, 0.25) is 0 Å². The lowest BCUT2D eigenvalue weighted by atomic mass is 10.1. The Morgan fingerprint density at radius 2 is 1.93 bits per heavy atom. The summed E-state index contributed by atoms with van der Waals surface area (Å²) < 4.78 is 1.05. The van der Waals surface area contributed by atoms with Gasteiger partial charge in [0, 0.05) is 11.8 Å². The molecule has 0 saturated carbocycles. The van der Waals surface area contributed by atoms with Crippen LogP contribution < -0.4 is 4.90 Å². The third-order valence-corrected chi connectivity index (χ3v) is 5.63. The standard InChI is InChI=1S/C23H18N4OS/c1-15-11-16(2)21-20(12-15)29-23(26-21)27(14-19-5-3-4-10-25-19)22(28)18-8-6-17(13-24)7-9-18/h3-12H,14H2,1-2H3. The molecule has 4 rings (SSSR count). The highest BCUT2D eigenvalue weighted by molar-refractivity contribution is 7.22. The Morgan fingerprint density at radius 3 is 2.62 bits per heavy atom. The second-order valence-electron chi connectivity index (χ2n) is 6.83. The van der Waals surface area contributed by atoms with Gasteiger partial charge in [0.05, 0.1) is 34.1 Å². The highest BCUT2D eigenvalue weighted by atomic mass is 32.1. The number of aromatic nitrogens is 2. The van der Waals surface area contributed by atoms with Gasteiger partial charge >= 0.3 is 0 Å². The Labute approximate surface area is 172 Å². The molecular formula is C23H18N4OS. The first-order chi connectivity index (χ1) is 14.0. The van der Waals surface area contributed by atoms with Gasteiger partial charge in [0.1, 0.15) is 0 Å². The van der Waals surface area contributed by atoms with Crippen LogP contribution in [-0.2, 0) is 6.54 Å². The molecule has 2 heterocycles. The number of carbonyl (C=O) groups excluding carboxylic acids is 1. The number of anilines is 1. The largest absolute Gasteiger partial charge is 0.278 e. The Bertz CT molecular complexity index is 1220. The van der Waals surface area contributed by atoms with Crippen LogP contribution in [0.1, 0.15) is 32.7 Å². The fourth-order valence-electron chi connectivity index (χ4n) is 3.20. The molecule has 0 bridgehead atoms. The zero-order valence-corrected chi connectivity index (χ0v) is 16.9. The quantitative estimate of drug-likeness (QED) is 0.484. The van der Waals surface area contributed by atoms with Crippen molar-refractivity contribution in [1.82, 2.24) is 9.97 Å². The number of hydrogen-bond donors (Lipinski definition) is 0. The van der Waals surface area contributed by atoms with Crippen molar-refractivity contribution >= 4 is 32.6 Å². The average Bonchev–Trinajstić information content (AvgIpc) is 3.16. The summed E-state index contributed by atoms with van der Waals surface area (Å²) in [7, 11) is 0. The van der Waals surface area contributed by atoms with Crippen molar-refractivity contribution in [1.29, 1.82) is 5.26 Å². The molecule has 0 aliphatic rings. The summed E-state index contributed by atoms with van der Waals surface area (Å²) in [6.45, 7) is 4.40. The number of hydrogen-bond acceptors (Lipinski definition) is 5. The number of nitriles is 1. The molecule has 2 aromatic carbocycles. The number of carbonyl (C=O) groups is 1. The molecule has 2 aromatic heterocycles. The summed E-state index contributed by atoms with van der Waals surface area (Å²) in [6.07, 6.45) is 1.71. The van der Waals surface area contributed by atoms with Crippen LogP contribution in [-0.4, -0.2) is 15.9 Å². The molecule has 0 aliphatic carbocycles. The fourth-order valence-corrected chi connectivity index (χ4v) is 4.34. The van der Waals surface area contributed by atoms with Gasteiger partial charge in [0.25, 0.3) is 5.91 Å². The van der Waals surface area contributed by atoms with Crippen LogP contribution in [0, 0.1) is 25.2 Å². The van der Waals surface area contributed by atoms with Crippen LogP contribution in [0.25, 0.3) is 10.2 Å². The highest BCUT2D eigenvalue weighted by Crippen LogP contribution is 2.33. The summed E-state index contributed by atoms with van der Waals surface area (Å²) in [5.74, 6) is -0.173. The maximum Gasteiger partial charge on any atom is 0.260 e. The molecule has 0 N–H and O–H groups in total. The molecule has 0 spiro atoms. The van der Waals surface area contributed by atoms with E-state index in [9.17, 15) is 4.79 Å². The summed E-state index contributed by atoms with van der Waals surface area (Å²) in [5, 5.41) is 9.65. The van der Waals surface area contributed by atoms with Crippen LogP contribution in [0.3, 0.4) is 0 Å².